The van der Waals surface area contributed by atoms with Crippen LogP contribution in [0.5, 0.6) is 0 Å². The molecule has 3 heteroatoms. The first-order chi connectivity index (χ1) is 8.42. The summed E-state index contributed by atoms with van der Waals surface area (Å²) in [4.78, 5) is 0. The number of aryl methyl sites for hydroxylation is 1. The van der Waals surface area contributed by atoms with E-state index in [-0.39, 0.29) is 12.0 Å². The summed E-state index contributed by atoms with van der Waals surface area (Å²) in [6.07, 6.45) is 1.14. The van der Waals surface area contributed by atoms with Gasteiger partial charge >= 0.3 is 0 Å². The van der Waals surface area contributed by atoms with E-state index in [1.807, 2.05) is 6.92 Å². The van der Waals surface area contributed by atoms with Crippen LogP contribution in [0.3, 0.4) is 0 Å². The van der Waals surface area contributed by atoms with Gasteiger partial charge in [0.15, 0.2) is 0 Å². The van der Waals surface area contributed by atoms with E-state index in [4.69, 9.17) is 11.6 Å². The molecule has 100 valence electrons. The zero-order chi connectivity index (χ0) is 13.5. The van der Waals surface area contributed by atoms with Crippen molar-refractivity contribution in [1.29, 1.82) is 0 Å². The van der Waals surface area contributed by atoms with E-state index in [1.54, 1.807) is 0 Å². The number of aliphatic hydroxyl groups excluding tert-OH is 2. The fourth-order valence-corrected chi connectivity index (χ4v) is 3.25. The van der Waals surface area contributed by atoms with Gasteiger partial charge in [0.2, 0.25) is 0 Å². The molecule has 0 unspecified atom stereocenters. The minimum absolute atomic E-state index is 0.0268. The molecule has 0 amide bonds. The SMILES string of the molecule is Cc1cc2c(c(CO)c1CCCl)CC(C)(C)[C@@H]2O. The number of hydrogen-bond acceptors (Lipinski definition) is 2. The van der Waals surface area contributed by atoms with Crippen LogP contribution >= 0.6 is 11.6 Å². The zero-order valence-corrected chi connectivity index (χ0v) is 12.0. The lowest BCUT2D eigenvalue weighted by atomic mass is 9.87. The Morgan fingerprint density at radius 3 is 2.61 bits per heavy atom. The van der Waals surface area contributed by atoms with Crippen molar-refractivity contribution in [3.8, 4) is 0 Å². The van der Waals surface area contributed by atoms with Gasteiger partial charge in [-0.2, -0.15) is 0 Å². The van der Waals surface area contributed by atoms with Gasteiger partial charge in [0.05, 0.1) is 12.7 Å². The number of aliphatic hydroxyl groups is 2. The summed E-state index contributed by atoms with van der Waals surface area (Å²) < 4.78 is 0. The highest BCUT2D eigenvalue weighted by Crippen LogP contribution is 2.47. The number of rotatable bonds is 3. The molecule has 18 heavy (non-hydrogen) atoms. The summed E-state index contributed by atoms with van der Waals surface area (Å²) in [5.41, 5.74) is 5.21. The molecule has 0 aliphatic heterocycles. The monoisotopic (exact) mass is 268 g/mol. The first-order valence-electron chi connectivity index (χ1n) is 6.41. The predicted octanol–water partition coefficient (Wildman–Crippen LogP) is 2.88. The Hall–Kier alpha value is -0.570. The maximum Gasteiger partial charge on any atom is 0.0846 e. The maximum atomic E-state index is 10.4. The molecule has 1 atom stereocenters. The van der Waals surface area contributed by atoms with E-state index in [0.717, 1.165) is 40.7 Å². The van der Waals surface area contributed by atoms with E-state index >= 15 is 0 Å². The van der Waals surface area contributed by atoms with E-state index < -0.39 is 6.10 Å². The Balaban J connectivity index is 2.61. The molecule has 1 aliphatic rings. The van der Waals surface area contributed by atoms with E-state index in [9.17, 15) is 10.2 Å². The Bertz CT molecular complexity index is 466. The second kappa shape index (κ2) is 4.84. The van der Waals surface area contributed by atoms with Gasteiger partial charge in [-0.15, -0.1) is 11.6 Å². The summed E-state index contributed by atoms with van der Waals surface area (Å²) in [5, 5.41) is 20.0. The highest BCUT2D eigenvalue weighted by molar-refractivity contribution is 6.18. The average molecular weight is 269 g/mol. The third-order valence-corrected chi connectivity index (χ3v) is 4.28. The molecule has 0 spiro atoms. The fraction of sp³-hybridized carbons (Fsp3) is 0.600. The first kappa shape index (κ1) is 13.9. The molecule has 0 saturated carbocycles. The highest BCUT2D eigenvalue weighted by Gasteiger charge is 2.39. The predicted molar refractivity (Wildman–Crippen MR) is 74.0 cm³/mol. The standard InChI is InChI=1S/C15H21ClO2/c1-9-6-11-12(7-15(2,3)14(11)18)13(8-17)10(9)4-5-16/h6,14,17-18H,4-5,7-8H2,1-3H3/t14-/m1/s1. The number of benzene rings is 1. The molecular formula is C15H21ClO2. The minimum atomic E-state index is -0.443. The van der Waals surface area contributed by atoms with Crippen LogP contribution < -0.4 is 0 Å². The Morgan fingerprint density at radius 2 is 2.06 bits per heavy atom. The quantitative estimate of drug-likeness (QED) is 0.828. The molecule has 1 aromatic rings. The number of hydrogen-bond donors (Lipinski definition) is 2. The molecule has 0 bridgehead atoms. The van der Waals surface area contributed by atoms with Crippen molar-refractivity contribution in [2.75, 3.05) is 5.88 Å². The van der Waals surface area contributed by atoms with Crippen LogP contribution in [0.4, 0.5) is 0 Å². The summed E-state index contributed by atoms with van der Waals surface area (Å²) in [5.74, 6) is 0.554. The van der Waals surface area contributed by atoms with E-state index in [2.05, 4.69) is 19.9 Å². The second-order valence-corrected chi connectivity index (χ2v) is 6.26. The Kier molecular flexibility index (Phi) is 3.72. The molecule has 0 aromatic heterocycles. The molecule has 2 nitrogen and oxygen atoms in total. The van der Waals surface area contributed by atoms with Crippen molar-refractivity contribution in [2.24, 2.45) is 5.41 Å². The van der Waals surface area contributed by atoms with Crippen LogP contribution in [0.1, 0.15) is 47.8 Å². The number of fused-ring (bicyclic) bond motifs is 1. The lowest BCUT2D eigenvalue weighted by Gasteiger charge is -2.22. The third kappa shape index (κ3) is 2.07. The normalized spacial score (nSPS) is 21.1. The van der Waals surface area contributed by atoms with E-state index in [1.165, 1.54) is 0 Å². The molecule has 2 N–H and O–H groups in total. The number of halogens is 1. The lowest BCUT2D eigenvalue weighted by molar-refractivity contribution is 0.0665. The molecule has 0 heterocycles. The van der Waals surface area contributed by atoms with Crippen LogP contribution in [-0.2, 0) is 19.4 Å². The zero-order valence-electron chi connectivity index (χ0n) is 11.3. The van der Waals surface area contributed by atoms with Crippen molar-refractivity contribution in [2.45, 2.75) is 46.3 Å². The molecule has 0 saturated heterocycles. The average Bonchev–Trinajstić information content (AvgIpc) is 2.53. The smallest absolute Gasteiger partial charge is 0.0846 e. The largest absolute Gasteiger partial charge is 0.392 e. The molecule has 1 aromatic carbocycles. The number of alkyl halides is 1. The van der Waals surface area contributed by atoms with Crippen LogP contribution in [-0.4, -0.2) is 16.1 Å². The topological polar surface area (TPSA) is 40.5 Å². The first-order valence-corrected chi connectivity index (χ1v) is 6.95. The van der Waals surface area contributed by atoms with Crippen molar-refractivity contribution in [1.82, 2.24) is 0 Å². The van der Waals surface area contributed by atoms with Crippen LogP contribution in [0, 0.1) is 12.3 Å². The molecule has 1 aliphatic carbocycles. The van der Waals surface area contributed by atoms with Gasteiger partial charge in [-0.3, -0.25) is 0 Å². The van der Waals surface area contributed by atoms with Crippen molar-refractivity contribution in [3.63, 3.8) is 0 Å². The van der Waals surface area contributed by atoms with Gasteiger partial charge in [0, 0.05) is 5.88 Å². The van der Waals surface area contributed by atoms with E-state index in [0.29, 0.717) is 5.88 Å². The van der Waals surface area contributed by atoms with Crippen LogP contribution in [0.2, 0.25) is 0 Å². The lowest BCUT2D eigenvalue weighted by Crippen LogP contribution is -2.16. The summed E-state index contributed by atoms with van der Waals surface area (Å²) in [7, 11) is 0. The summed E-state index contributed by atoms with van der Waals surface area (Å²) in [6, 6.07) is 2.07. The van der Waals surface area contributed by atoms with Crippen LogP contribution in [0.25, 0.3) is 0 Å². The van der Waals surface area contributed by atoms with Crippen molar-refractivity contribution >= 4 is 11.6 Å². The summed E-state index contributed by atoms with van der Waals surface area (Å²) in [6.45, 7) is 6.18. The van der Waals surface area contributed by atoms with Gasteiger partial charge in [-0.25, -0.2) is 0 Å². The van der Waals surface area contributed by atoms with Crippen molar-refractivity contribution in [3.05, 3.63) is 33.9 Å². The van der Waals surface area contributed by atoms with Gasteiger partial charge < -0.3 is 10.2 Å². The second-order valence-electron chi connectivity index (χ2n) is 5.88. The van der Waals surface area contributed by atoms with Gasteiger partial charge in [-0.05, 0) is 53.0 Å². The Labute approximate surface area is 114 Å². The van der Waals surface area contributed by atoms with Gasteiger partial charge in [0.25, 0.3) is 0 Å². The molecule has 2 rings (SSSR count). The van der Waals surface area contributed by atoms with Gasteiger partial charge in [-0.1, -0.05) is 19.9 Å². The fourth-order valence-electron chi connectivity index (χ4n) is 3.06. The van der Waals surface area contributed by atoms with Crippen molar-refractivity contribution < 1.29 is 10.2 Å². The molecule has 0 fully saturated rings. The van der Waals surface area contributed by atoms with Gasteiger partial charge in [0.1, 0.15) is 0 Å². The molecular weight excluding hydrogens is 248 g/mol. The summed E-state index contributed by atoms with van der Waals surface area (Å²) >= 11 is 5.84. The highest BCUT2D eigenvalue weighted by atomic mass is 35.5. The third-order valence-electron chi connectivity index (χ3n) is 4.09. The maximum absolute atomic E-state index is 10.4. The Morgan fingerprint density at radius 1 is 1.39 bits per heavy atom. The minimum Gasteiger partial charge on any atom is -0.392 e. The molecule has 0 radical (unpaired) electrons. The van der Waals surface area contributed by atoms with Crippen LogP contribution in [0.15, 0.2) is 6.07 Å².